The van der Waals surface area contributed by atoms with E-state index < -0.39 is 21.8 Å². The van der Waals surface area contributed by atoms with Gasteiger partial charge in [0.25, 0.3) is 0 Å². The van der Waals surface area contributed by atoms with E-state index in [0.717, 1.165) is 0 Å². The van der Waals surface area contributed by atoms with Crippen LogP contribution in [0.25, 0.3) is 0 Å². The molecule has 0 bridgehead atoms. The SMILES string of the molecule is CCOCC(C)N1CCS(=O)(=O)CC1CC(=O)O. The molecule has 1 aliphatic heterocycles. The van der Waals surface area contributed by atoms with Gasteiger partial charge in [-0.2, -0.15) is 0 Å². The zero-order valence-electron chi connectivity index (χ0n) is 10.8. The first kappa shape index (κ1) is 15.4. The van der Waals surface area contributed by atoms with Gasteiger partial charge in [-0.1, -0.05) is 0 Å². The maximum atomic E-state index is 11.6. The summed E-state index contributed by atoms with van der Waals surface area (Å²) in [6.07, 6.45) is -0.143. The Bertz CT molecular complexity index is 381. The Morgan fingerprint density at radius 2 is 2.22 bits per heavy atom. The third-order valence-corrected chi connectivity index (χ3v) is 4.81. The van der Waals surface area contributed by atoms with Crippen molar-refractivity contribution in [3.05, 3.63) is 0 Å². The third kappa shape index (κ3) is 4.55. The van der Waals surface area contributed by atoms with Gasteiger partial charge in [0.1, 0.15) is 0 Å². The Morgan fingerprint density at radius 1 is 1.56 bits per heavy atom. The normalized spacial score (nSPS) is 25.8. The first-order chi connectivity index (χ1) is 8.35. The van der Waals surface area contributed by atoms with Crippen molar-refractivity contribution in [2.24, 2.45) is 0 Å². The van der Waals surface area contributed by atoms with Crippen LogP contribution < -0.4 is 0 Å². The van der Waals surface area contributed by atoms with Crippen molar-refractivity contribution < 1.29 is 23.1 Å². The molecule has 6 nitrogen and oxygen atoms in total. The van der Waals surface area contributed by atoms with Gasteiger partial charge in [0, 0.05) is 25.2 Å². The molecular weight excluding hydrogens is 258 g/mol. The summed E-state index contributed by atoms with van der Waals surface area (Å²) in [6, 6.07) is -0.415. The van der Waals surface area contributed by atoms with Gasteiger partial charge in [-0.3, -0.25) is 9.69 Å². The van der Waals surface area contributed by atoms with Crippen LogP contribution in [0.15, 0.2) is 0 Å². The molecule has 2 atom stereocenters. The van der Waals surface area contributed by atoms with Gasteiger partial charge in [-0.05, 0) is 13.8 Å². The maximum absolute atomic E-state index is 11.6. The van der Waals surface area contributed by atoms with Gasteiger partial charge in [0.2, 0.25) is 0 Å². The lowest BCUT2D eigenvalue weighted by molar-refractivity contribution is -0.138. The second kappa shape index (κ2) is 6.49. The molecule has 1 fully saturated rings. The van der Waals surface area contributed by atoms with E-state index in [4.69, 9.17) is 9.84 Å². The zero-order valence-corrected chi connectivity index (χ0v) is 11.6. The summed E-state index contributed by atoms with van der Waals surface area (Å²) in [5, 5.41) is 8.86. The van der Waals surface area contributed by atoms with Gasteiger partial charge < -0.3 is 9.84 Å². The van der Waals surface area contributed by atoms with Crippen molar-refractivity contribution in [2.45, 2.75) is 32.4 Å². The molecule has 2 unspecified atom stereocenters. The van der Waals surface area contributed by atoms with Crippen molar-refractivity contribution in [2.75, 3.05) is 31.3 Å². The van der Waals surface area contributed by atoms with E-state index in [1.807, 2.05) is 18.7 Å². The molecule has 0 saturated carbocycles. The minimum atomic E-state index is -3.11. The fraction of sp³-hybridized carbons (Fsp3) is 0.909. The Morgan fingerprint density at radius 3 is 2.78 bits per heavy atom. The topological polar surface area (TPSA) is 83.9 Å². The van der Waals surface area contributed by atoms with E-state index in [1.165, 1.54) is 0 Å². The molecule has 106 valence electrons. The summed E-state index contributed by atoms with van der Waals surface area (Å²) in [6.45, 7) is 5.30. The molecule has 0 aromatic rings. The van der Waals surface area contributed by atoms with E-state index in [0.29, 0.717) is 19.8 Å². The smallest absolute Gasteiger partial charge is 0.304 e. The predicted molar refractivity (Wildman–Crippen MR) is 67.4 cm³/mol. The fourth-order valence-electron chi connectivity index (χ4n) is 2.24. The number of hydrogen-bond donors (Lipinski definition) is 1. The van der Waals surface area contributed by atoms with Gasteiger partial charge in [0.05, 0.1) is 24.5 Å². The number of nitrogens with zero attached hydrogens (tertiary/aromatic N) is 1. The standard InChI is InChI=1S/C11H21NO5S/c1-3-17-7-9(2)12-4-5-18(15,16)8-10(12)6-11(13)14/h9-10H,3-8H2,1-2H3,(H,13,14). The summed E-state index contributed by atoms with van der Waals surface area (Å²) in [5.41, 5.74) is 0. The van der Waals surface area contributed by atoms with Crippen molar-refractivity contribution in [3.8, 4) is 0 Å². The molecule has 0 amide bonds. The van der Waals surface area contributed by atoms with Crippen molar-refractivity contribution in [3.63, 3.8) is 0 Å². The first-order valence-electron chi connectivity index (χ1n) is 6.11. The van der Waals surface area contributed by atoms with Crippen LogP contribution in [0.2, 0.25) is 0 Å². The Hall–Kier alpha value is -0.660. The number of carboxylic acid groups (broad SMARTS) is 1. The lowest BCUT2D eigenvalue weighted by atomic mass is 10.1. The number of ether oxygens (including phenoxy) is 1. The molecular formula is C11H21NO5S. The fourth-order valence-corrected chi connectivity index (χ4v) is 3.79. The number of rotatable bonds is 6. The highest BCUT2D eigenvalue weighted by Crippen LogP contribution is 2.18. The van der Waals surface area contributed by atoms with Gasteiger partial charge in [-0.15, -0.1) is 0 Å². The minimum absolute atomic E-state index is 0.0322. The summed E-state index contributed by atoms with van der Waals surface area (Å²) in [4.78, 5) is 12.7. The largest absolute Gasteiger partial charge is 0.481 e. The van der Waals surface area contributed by atoms with E-state index in [-0.39, 0.29) is 24.0 Å². The van der Waals surface area contributed by atoms with Crippen LogP contribution in [0.5, 0.6) is 0 Å². The summed E-state index contributed by atoms with van der Waals surface area (Å²) in [5.74, 6) is -0.944. The van der Waals surface area contributed by atoms with E-state index in [2.05, 4.69) is 0 Å². The second-order valence-electron chi connectivity index (χ2n) is 4.61. The zero-order chi connectivity index (χ0) is 13.8. The van der Waals surface area contributed by atoms with E-state index in [9.17, 15) is 13.2 Å². The molecule has 0 radical (unpaired) electrons. The first-order valence-corrected chi connectivity index (χ1v) is 7.93. The molecule has 1 heterocycles. The van der Waals surface area contributed by atoms with E-state index >= 15 is 0 Å². The van der Waals surface area contributed by atoms with Gasteiger partial charge in [0.15, 0.2) is 9.84 Å². The molecule has 18 heavy (non-hydrogen) atoms. The van der Waals surface area contributed by atoms with Gasteiger partial charge >= 0.3 is 5.97 Å². The average Bonchev–Trinajstić information content (AvgIpc) is 2.24. The quantitative estimate of drug-likeness (QED) is 0.736. The van der Waals surface area contributed by atoms with Crippen LogP contribution in [-0.4, -0.2) is 67.7 Å². The predicted octanol–water partition coefficient (Wildman–Crippen LogP) is -0.0149. The number of sulfone groups is 1. The van der Waals surface area contributed by atoms with Crippen molar-refractivity contribution in [1.82, 2.24) is 4.90 Å². The number of aliphatic carboxylic acids is 1. The number of carboxylic acids is 1. The Kier molecular flexibility index (Phi) is 5.55. The average molecular weight is 279 g/mol. The highest BCUT2D eigenvalue weighted by atomic mass is 32.2. The monoisotopic (exact) mass is 279 g/mol. The van der Waals surface area contributed by atoms with Crippen LogP contribution >= 0.6 is 0 Å². The van der Waals surface area contributed by atoms with E-state index in [1.54, 1.807) is 0 Å². The number of hydrogen-bond acceptors (Lipinski definition) is 5. The van der Waals surface area contributed by atoms with Crippen LogP contribution in [-0.2, 0) is 19.4 Å². The summed E-state index contributed by atoms with van der Waals surface area (Å²) in [7, 11) is -3.11. The molecule has 1 saturated heterocycles. The van der Waals surface area contributed by atoms with Crippen LogP contribution in [0.3, 0.4) is 0 Å². The number of carbonyl (C=O) groups is 1. The molecule has 0 aliphatic carbocycles. The van der Waals surface area contributed by atoms with Gasteiger partial charge in [-0.25, -0.2) is 8.42 Å². The van der Waals surface area contributed by atoms with Crippen molar-refractivity contribution >= 4 is 15.8 Å². The second-order valence-corrected chi connectivity index (χ2v) is 6.84. The summed E-state index contributed by atoms with van der Waals surface area (Å²) >= 11 is 0. The molecule has 0 spiro atoms. The molecule has 0 aromatic carbocycles. The molecule has 0 aromatic heterocycles. The van der Waals surface area contributed by atoms with Crippen LogP contribution in [0, 0.1) is 0 Å². The highest BCUT2D eigenvalue weighted by molar-refractivity contribution is 7.91. The highest BCUT2D eigenvalue weighted by Gasteiger charge is 2.34. The minimum Gasteiger partial charge on any atom is -0.481 e. The Labute approximate surface area is 108 Å². The lowest BCUT2D eigenvalue weighted by Gasteiger charge is -2.38. The molecule has 1 rings (SSSR count). The molecule has 1 N–H and O–H groups in total. The third-order valence-electron chi connectivity index (χ3n) is 3.12. The van der Waals surface area contributed by atoms with Crippen molar-refractivity contribution in [1.29, 1.82) is 0 Å². The maximum Gasteiger partial charge on any atom is 0.304 e. The van der Waals surface area contributed by atoms with Crippen LogP contribution in [0.1, 0.15) is 20.3 Å². The lowest BCUT2D eigenvalue weighted by Crippen LogP contribution is -2.54. The van der Waals surface area contributed by atoms with Crippen LogP contribution in [0.4, 0.5) is 0 Å². The molecule has 7 heteroatoms. The Balaban J connectivity index is 2.71. The summed E-state index contributed by atoms with van der Waals surface area (Å²) < 4.78 is 28.5. The molecule has 1 aliphatic rings.